The van der Waals surface area contributed by atoms with Crippen LogP contribution in [0, 0.1) is 0 Å². The molecule has 0 atom stereocenters. The van der Waals surface area contributed by atoms with Gasteiger partial charge in [0.25, 0.3) is 0 Å². The first-order valence-corrected chi connectivity index (χ1v) is 8.94. The van der Waals surface area contributed by atoms with Gasteiger partial charge in [0.05, 0.1) is 0 Å². The summed E-state index contributed by atoms with van der Waals surface area (Å²) in [5, 5.41) is 0. The minimum Gasteiger partial charge on any atom is -0.375 e. The number of rotatable bonds is 4. The molecule has 134 valence electrons. The van der Waals surface area contributed by atoms with Gasteiger partial charge in [-0.05, 0) is 28.8 Å². The van der Waals surface area contributed by atoms with Crippen LogP contribution in [0.3, 0.4) is 0 Å². The van der Waals surface area contributed by atoms with Gasteiger partial charge in [-0.25, -0.2) is 0 Å². The highest BCUT2D eigenvalue weighted by Gasteiger charge is 2.48. The lowest BCUT2D eigenvalue weighted by molar-refractivity contribution is -0.0499. The Hall–Kier alpha value is -2.80. The zero-order chi connectivity index (χ0) is 18.8. The first kappa shape index (κ1) is 18.0. The molecule has 3 aromatic rings. The summed E-state index contributed by atoms with van der Waals surface area (Å²) in [5.41, 5.74) is -2.93. The van der Waals surface area contributed by atoms with E-state index in [-0.39, 0.29) is 11.3 Å². The molecule has 0 saturated heterocycles. The van der Waals surface area contributed by atoms with Crippen LogP contribution >= 0.6 is 0 Å². The highest BCUT2D eigenvalue weighted by atomic mass is 32.2. The summed E-state index contributed by atoms with van der Waals surface area (Å²) >= 11 is 0. The fraction of sp³-hybridized carbons (Fsp3) is 0.0526. The van der Waals surface area contributed by atoms with Gasteiger partial charge in [-0.15, -0.1) is 0 Å². The zero-order valence-electron chi connectivity index (χ0n) is 13.3. The van der Waals surface area contributed by atoms with E-state index < -0.39 is 15.6 Å². The van der Waals surface area contributed by atoms with Crippen LogP contribution in [0.5, 0.6) is 5.75 Å². The summed E-state index contributed by atoms with van der Waals surface area (Å²) < 4.78 is 64.9. The molecule has 0 heterocycles. The van der Waals surface area contributed by atoms with Crippen molar-refractivity contribution in [2.45, 2.75) is 5.51 Å². The van der Waals surface area contributed by atoms with Crippen molar-refractivity contribution in [2.75, 3.05) is 0 Å². The molecule has 26 heavy (non-hydrogen) atoms. The lowest BCUT2D eigenvalue weighted by atomic mass is 9.99. The Morgan fingerprint density at radius 2 is 1.27 bits per heavy atom. The van der Waals surface area contributed by atoms with Crippen LogP contribution in [0.4, 0.5) is 13.2 Å². The zero-order valence-corrected chi connectivity index (χ0v) is 14.1. The van der Waals surface area contributed by atoms with E-state index in [1.54, 1.807) is 24.3 Å². The standard InChI is InChI=1S/C19H13F3O3S/c20-19(21,22)26(23,24)25-18-12-5-4-11-17(18)16-10-6-9-15(13-16)14-7-2-1-3-8-14/h1-13H. The van der Waals surface area contributed by atoms with E-state index in [1.165, 1.54) is 18.2 Å². The largest absolute Gasteiger partial charge is 0.534 e. The second kappa shape index (κ2) is 6.84. The topological polar surface area (TPSA) is 43.4 Å². The number of para-hydroxylation sites is 1. The molecule has 0 N–H and O–H groups in total. The fourth-order valence-corrected chi connectivity index (χ4v) is 2.92. The Kier molecular flexibility index (Phi) is 4.73. The highest BCUT2D eigenvalue weighted by Crippen LogP contribution is 2.35. The molecule has 0 fully saturated rings. The molecule has 0 aliphatic rings. The Morgan fingerprint density at radius 3 is 1.96 bits per heavy atom. The van der Waals surface area contributed by atoms with Crippen LogP contribution in [-0.4, -0.2) is 13.9 Å². The minimum atomic E-state index is -5.74. The predicted molar refractivity (Wildman–Crippen MR) is 92.9 cm³/mol. The van der Waals surface area contributed by atoms with Crippen molar-refractivity contribution in [1.82, 2.24) is 0 Å². The van der Waals surface area contributed by atoms with E-state index in [2.05, 4.69) is 4.18 Å². The van der Waals surface area contributed by atoms with E-state index in [4.69, 9.17) is 0 Å². The van der Waals surface area contributed by atoms with Gasteiger partial charge in [0.1, 0.15) is 0 Å². The maximum absolute atomic E-state index is 12.6. The third-order valence-corrected chi connectivity index (χ3v) is 4.62. The first-order chi connectivity index (χ1) is 12.3. The molecule has 0 amide bonds. The highest BCUT2D eigenvalue weighted by molar-refractivity contribution is 7.88. The van der Waals surface area contributed by atoms with Crippen LogP contribution in [0.15, 0.2) is 78.9 Å². The Balaban J connectivity index is 2.04. The van der Waals surface area contributed by atoms with Crippen LogP contribution in [0.25, 0.3) is 22.3 Å². The molecule has 0 radical (unpaired) electrons. The Bertz CT molecular complexity index is 1010. The summed E-state index contributed by atoms with van der Waals surface area (Å²) in [7, 11) is -5.74. The summed E-state index contributed by atoms with van der Waals surface area (Å²) in [4.78, 5) is 0. The molecule has 3 nitrogen and oxygen atoms in total. The van der Waals surface area contributed by atoms with E-state index >= 15 is 0 Å². The number of hydrogen-bond donors (Lipinski definition) is 0. The molecule has 0 aliphatic heterocycles. The Morgan fingerprint density at radius 1 is 0.692 bits per heavy atom. The van der Waals surface area contributed by atoms with Gasteiger partial charge in [-0.3, -0.25) is 0 Å². The molecule has 3 rings (SSSR count). The van der Waals surface area contributed by atoms with E-state index in [9.17, 15) is 21.6 Å². The number of halogens is 3. The molecule has 0 unspecified atom stereocenters. The maximum atomic E-state index is 12.6. The van der Waals surface area contributed by atoms with Crippen molar-refractivity contribution in [3.63, 3.8) is 0 Å². The first-order valence-electron chi connectivity index (χ1n) is 7.53. The number of alkyl halides is 3. The van der Waals surface area contributed by atoms with Crippen LogP contribution in [0.1, 0.15) is 0 Å². The van der Waals surface area contributed by atoms with Gasteiger partial charge < -0.3 is 4.18 Å². The third-order valence-electron chi connectivity index (χ3n) is 3.65. The number of hydrogen-bond acceptors (Lipinski definition) is 3. The predicted octanol–water partition coefficient (Wildman–Crippen LogP) is 5.25. The van der Waals surface area contributed by atoms with Crippen molar-refractivity contribution in [2.24, 2.45) is 0 Å². The second-order valence-corrected chi connectivity index (χ2v) is 6.96. The molecule has 0 bridgehead atoms. The van der Waals surface area contributed by atoms with E-state index in [0.717, 1.165) is 11.1 Å². The summed E-state index contributed by atoms with van der Waals surface area (Å²) in [6, 6.07) is 22.1. The van der Waals surface area contributed by atoms with Crippen molar-refractivity contribution in [1.29, 1.82) is 0 Å². The monoisotopic (exact) mass is 378 g/mol. The van der Waals surface area contributed by atoms with Crippen molar-refractivity contribution < 1.29 is 25.8 Å². The summed E-state index contributed by atoms with van der Waals surface area (Å²) in [6.45, 7) is 0. The second-order valence-electron chi connectivity index (χ2n) is 5.43. The minimum absolute atomic E-state index is 0.248. The molecule has 0 saturated carbocycles. The van der Waals surface area contributed by atoms with Gasteiger partial charge in [0, 0.05) is 5.56 Å². The van der Waals surface area contributed by atoms with Gasteiger partial charge >= 0.3 is 15.6 Å². The molecular weight excluding hydrogens is 365 g/mol. The normalized spacial score (nSPS) is 12.0. The van der Waals surface area contributed by atoms with Crippen molar-refractivity contribution >= 4 is 10.1 Å². The maximum Gasteiger partial charge on any atom is 0.534 e. The molecule has 0 aliphatic carbocycles. The SMILES string of the molecule is O=S(=O)(Oc1ccccc1-c1cccc(-c2ccccc2)c1)C(F)(F)F. The molecular formula is C19H13F3O3S. The lowest BCUT2D eigenvalue weighted by Gasteiger charge is -2.13. The average Bonchev–Trinajstić information content (AvgIpc) is 2.62. The number of benzene rings is 3. The summed E-state index contributed by atoms with van der Waals surface area (Å²) in [5.74, 6) is -0.380. The molecule has 0 spiro atoms. The van der Waals surface area contributed by atoms with Crippen molar-refractivity contribution in [3.8, 4) is 28.0 Å². The smallest absolute Gasteiger partial charge is 0.375 e. The quantitative estimate of drug-likeness (QED) is 0.460. The van der Waals surface area contributed by atoms with Gasteiger partial charge in [-0.1, -0.05) is 66.7 Å². The van der Waals surface area contributed by atoms with E-state index in [0.29, 0.717) is 5.56 Å². The van der Waals surface area contributed by atoms with Gasteiger partial charge in [0.2, 0.25) is 0 Å². The molecule has 3 aromatic carbocycles. The molecule has 0 aromatic heterocycles. The average molecular weight is 378 g/mol. The third kappa shape index (κ3) is 3.72. The van der Waals surface area contributed by atoms with E-state index in [1.807, 2.05) is 36.4 Å². The van der Waals surface area contributed by atoms with Gasteiger partial charge in [-0.2, -0.15) is 21.6 Å². The fourth-order valence-electron chi connectivity index (χ4n) is 2.44. The van der Waals surface area contributed by atoms with Crippen LogP contribution in [-0.2, 0) is 10.1 Å². The van der Waals surface area contributed by atoms with Gasteiger partial charge in [0.15, 0.2) is 5.75 Å². The Labute approximate surface area is 148 Å². The van der Waals surface area contributed by atoms with Crippen LogP contribution in [0.2, 0.25) is 0 Å². The summed E-state index contributed by atoms with van der Waals surface area (Å²) in [6.07, 6.45) is 0. The van der Waals surface area contributed by atoms with Crippen molar-refractivity contribution in [3.05, 3.63) is 78.9 Å². The molecule has 7 heteroatoms. The van der Waals surface area contributed by atoms with Crippen LogP contribution < -0.4 is 4.18 Å². The lowest BCUT2D eigenvalue weighted by Crippen LogP contribution is -2.28.